The SMILES string of the molecule is CN=C(NCCCc1ccccc1)N1CCS(=O)(=O)C(C)(C)C1.I. The smallest absolute Gasteiger partial charge is 0.193 e. The molecular weight excluding hydrogens is 437 g/mol. The third-order valence-electron chi connectivity index (χ3n) is 4.32. The molecule has 0 amide bonds. The maximum absolute atomic E-state index is 12.1. The van der Waals surface area contributed by atoms with Crippen LogP contribution in [-0.4, -0.2) is 56.5 Å². The molecule has 1 N–H and O–H groups in total. The molecule has 7 heteroatoms. The van der Waals surface area contributed by atoms with E-state index in [1.807, 2.05) is 11.0 Å². The third-order valence-corrected chi connectivity index (χ3v) is 6.86. The topological polar surface area (TPSA) is 61.8 Å². The molecule has 5 nitrogen and oxygen atoms in total. The summed E-state index contributed by atoms with van der Waals surface area (Å²) >= 11 is 0. The summed E-state index contributed by atoms with van der Waals surface area (Å²) in [5, 5.41) is 3.36. The van der Waals surface area contributed by atoms with Gasteiger partial charge >= 0.3 is 0 Å². The normalized spacial score (nSPS) is 19.5. The van der Waals surface area contributed by atoms with Crippen LogP contribution in [0.25, 0.3) is 0 Å². The van der Waals surface area contributed by atoms with Gasteiger partial charge in [-0.1, -0.05) is 30.3 Å². The Bertz CT molecular complexity index is 645. The van der Waals surface area contributed by atoms with Gasteiger partial charge in [0.2, 0.25) is 0 Å². The van der Waals surface area contributed by atoms with Gasteiger partial charge in [0.15, 0.2) is 15.8 Å². The molecule has 1 aliphatic rings. The van der Waals surface area contributed by atoms with Crippen LogP contribution in [0.2, 0.25) is 0 Å². The monoisotopic (exact) mass is 465 g/mol. The number of aliphatic imine (C=N–C) groups is 1. The predicted octanol–water partition coefficient (Wildman–Crippen LogP) is 2.32. The lowest BCUT2D eigenvalue weighted by Crippen LogP contribution is -2.57. The zero-order chi connectivity index (χ0) is 16.9. The summed E-state index contributed by atoms with van der Waals surface area (Å²) in [6, 6.07) is 10.4. The second-order valence-electron chi connectivity index (χ2n) is 6.56. The van der Waals surface area contributed by atoms with E-state index in [0.717, 1.165) is 25.3 Å². The Labute approximate surface area is 162 Å². The number of nitrogens with one attached hydrogen (secondary N) is 1. The van der Waals surface area contributed by atoms with Crippen LogP contribution in [0.3, 0.4) is 0 Å². The van der Waals surface area contributed by atoms with Crippen molar-refractivity contribution in [1.82, 2.24) is 10.2 Å². The van der Waals surface area contributed by atoms with Gasteiger partial charge in [0.05, 0.1) is 10.5 Å². The van der Waals surface area contributed by atoms with Crippen molar-refractivity contribution in [1.29, 1.82) is 0 Å². The standard InChI is InChI=1S/C17H27N3O2S.HI/c1-17(2)14-20(12-13-23(17,21)22)16(18-3)19-11-7-10-15-8-5-4-6-9-15;/h4-6,8-9H,7,10-14H2,1-3H3,(H,18,19);1H. The molecule has 2 rings (SSSR count). The molecule has 1 fully saturated rings. The first-order valence-electron chi connectivity index (χ1n) is 8.07. The predicted molar refractivity (Wildman–Crippen MR) is 111 cm³/mol. The van der Waals surface area contributed by atoms with Gasteiger partial charge in [-0.2, -0.15) is 0 Å². The van der Waals surface area contributed by atoms with Gasteiger partial charge in [-0.05, 0) is 32.3 Å². The van der Waals surface area contributed by atoms with E-state index >= 15 is 0 Å². The molecule has 0 aromatic heterocycles. The maximum atomic E-state index is 12.1. The molecule has 0 unspecified atom stereocenters. The van der Waals surface area contributed by atoms with Crippen LogP contribution in [0.4, 0.5) is 0 Å². The first kappa shape index (κ1) is 21.2. The van der Waals surface area contributed by atoms with Crippen LogP contribution in [-0.2, 0) is 16.3 Å². The summed E-state index contributed by atoms with van der Waals surface area (Å²) in [4.78, 5) is 6.35. The number of aryl methyl sites for hydroxylation is 1. The van der Waals surface area contributed by atoms with Gasteiger partial charge in [0.25, 0.3) is 0 Å². The van der Waals surface area contributed by atoms with E-state index in [2.05, 4.69) is 34.6 Å². The fraction of sp³-hybridized carbons (Fsp3) is 0.588. The van der Waals surface area contributed by atoms with Crippen molar-refractivity contribution in [3.05, 3.63) is 35.9 Å². The van der Waals surface area contributed by atoms with Crippen molar-refractivity contribution in [2.45, 2.75) is 31.4 Å². The number of halogens is 1. The van der Waals surface area contributed by atoms with E-state index in [1.165, 1.54) is 5.56 Å². The molecule has 0 saturated carbocycles. The lowest BCUT2D eigenvalue weighted by atomic mass is 10.1. The minimum absolute atomic E-state index is 0. The van der Waals surface area contributed by atoms with E-state index in [1.54, 1.807) is 20.9 Å². The lowest BCUT2D eigenvalue weighted by molar-refractivity contribution is 0.353. The van der Waals surface area contributed by atoms with Crippen LogP contribution < -0.4 is 5.32 Å². The summed E-state index contributed by atoms with van der Waals surface area (Å²) in [6.45, 7) is 5.39. The average Bonchev–Trinajstić information content (AvgIpc) is 2.51. The quantitative estimate of drug-likeness (QED) is 0.321. The van der Waals surface area contributed by atoms with E-state index in [0.29, 0.717) is 13.1 Å². The number of sulfone groups is 1. The highest BCUT2D eigenvalue weighted by molar-refractivity contribution is 14.0. The summed E-state index contributed by atoms with van der Waals surface area (Å²) in [7, 11) is -1.28. The van der Waals surface area contributed by atoms with Crippen molar-refractivity contribution in [2.75, 3.05) is 32.4 Å². The summed E-state index contributed by atoms with van der Waals surface area (Å²) in [5.74, 6) is 0.978. The fourth-order valence-corrected chi connectivity index (χ4v) is 4.16. The van der Waals surface area contributed by atoms with E-state index in [9.17, 15) is 8.42 Å². The van der Waals surface area contributed by atoms with Crippen LogP contribution in [0.1, 0.15) is 25.8 Å². The van der Waals surface area contributed by atoms with Crippen LogP contribution >= 0.6 is 24.0 Å². The van der Waals surface area contributed by atoms with Gasteiger partial charge in [-0.3, -0.25) is 4.99 Å². The molecule has 1 aromatic carbocycles. The molecule has 0 spiro atoms. The Kier molecular flexibility index (Phi) is 7.98. The maximum Gasteiger partial charge on any atom is 0.193 e. The minimum atomic E-state index is -3.02. The van der Waals surface area contributed by atoms with Crippen LogP contribution in [0.15, 0.2) is 35.3 Å². The molecule has 0 atom stereocenters. The number of benzene rings is 1. The zero-order valence-electron chi connectivity index (χ0n) is 14.7. The molecule has 136 valence electrons. The van der Waals surface area contributed by atoms with Crippen LogP contribution in [0.5, 0.6) is 0 Å². The first-order chi connectivity index (χ1) is 10.9. The Morgan fingerprint density at radius 1 is 1.29 bits per heavy atom. The van der Waals surface area contributed by atoms with Crippen molar-refractivity contribution in [3.63, 3.8) is 0 Å². The number of guanidine groups is 1. The molecule has 0 radical (unpaired) electrons. The molecule has 1 aromatic rings. The Morgan fingerprint density at radius 3 is 2.54 bits per heavy atom. The number of rotatable bonds is 4. The van der Waals surface area contributed by atoms with E-state index < -0.39 is 14.6 Å². The van der Waals surface area contributed by atoms with Crippen molar-refractivity contribution >= 4 is 39.8 Å². The molecule has 0 bridgehead atoms. The van der Waals surface area contributed by atoms with Crippen molar-refractivity contribution in [2.24, 2.45) is 4.99 Å². The molecule has 0 aliphatic carbocycles. The fourth-order valence-electron chi connectivity index (χ4n) is 2.79. The number of hydrogen-bond acceptors (Lipinski definition) is 3. The molecule has 24 heavy (non-hydrogen) atoms. The number of nitrogens with zero attached hydrogens (tertiary/aromatic N) is 2. The Hall–Kier alpha value is -0.830. The minimum Gasteiger partial charge on any atom is -0.356 e. The molecular formula is C17H28IN3O2S. The average molecular weight is 465 g/mol. The van der Waals surface area contributed by atoms with Gasteiger partial charge in [-0.15, -0.1) is 24.0 Å². The van der Waals surface area contributed by atoms with Gasteiger partial charge in [0.1, 0.15) is 0 Å². The molecule has 1 aliphatic heterocycles. The van der Waals surface area contributed by atoms with Crippen molar-refractivity contribution in [3.8, 4) is 0 Å². The number of hydrogen-bond donors (Lipinski definition) is 1. The first-order valence-corrected chi connectivity index (χ1v) is 9.73. The lowest BCUT2D eigenvalue weighted by Gasteiger charge is -2.39. The third kappa shape index (κ3) is 5.34. The summed E-state index contributed by atoms with van der Waals surface area (Å²) in [5.41, 5.74) is 1.33. The van der Waals surface area contributed by atoms with Crippen LogP contribution in [0, 0.1) is 0 Å². The van der Waals surface area contributed by atoms with Gasteiger partial charge in [-0.25, -0.2) is 8.42 Å². The Balaban J connectivity index is 0.00000288. The van der Waals surface area contributed by atoms with E-state index in [-0.39, 0.29) is 29.7 Å². The second-order valence-corrected chi connectivity index (χ2v) is 9.31. The highest BCUT2D eigenvalue weighted by Gasteiger charge is 2.40. The van der Waals surface area contributed by atoms with Gasteiger partial charge in [0, 0.05) is 26.7 Å². The summed E-state index contributed by atoms with van der Waals surface area (Å²) < 4.78 is 23.5. The molecule has 1 heterocycles. The van der Waals surface area contributed by atoms with Gasteiger partial charge < -0.3 is 10.2 Å². The van der Waals surface area contributed by atoms with Crippen molar-refractivity contribution < 1.29 is 8.42 Å². The summed E-state index contributed by atoms with van der Waals surface area (Å²) in [6.07, 6.45) is 2.03. The highest BCUT2D eigenvalue weighted by atomic mass is 127. The Morgan fingerprint density at radius 2 is 1.96 bits per heavy atom. The highest BCUT2D eigenvalue weighted by Crippen LogP contribution is 2.23. The largest absolute Gasteiger partial charge is 0.356 e. The molecule has 1 saturated heterocycles. The zero-order valence-corrected chi connectivity index (χ0v) is 17.8. The second kappa shape index (κ2) is 9.03. The van der Waals surface area contributed by atoms with E-state index in [4.69, 9.17) is 0 Å².